The molecule has 6 rings (SSSR count). The van der Waals surface area contributed by atoms with Crippen LogP contribution in [-0.4, -0.2) is 29.9 Å². The maximum absolute atomic E-state index is 12.6. The number of carbonyl (C=O) groups excluding carboxylic acids is 3. The molecule has 0 aliphatic heterocycles. The number of ketones is 1. The maximum atomic E-state index is 12.6. The zero-order valence-electron chi connectivity index (χ0n) is 15.9. The monoisotopic (exact) mass is 372 g/mol. The molecule has 0 N–H and O–H groups in total. The first-order chi connectivity index (χ1) is 13.0. The molecule has 5 heteroatoms. The van der Waals surface area contributed by atoms with Crippen LogP contribution < -0.4 is 0 Å². The summed E-state index contributed by atoms with van der Waals surface area (Å²) in [6.07, 6.45) is 11.1. The quantitative estimate of drug-likeness (QED) is 0.548. The van der Waals surface area contributed by atoms with Gasteiger partial charge in [-0.05, 0) is 68.6 Å². The lowest BCUT2D eigenvalue weighted by atomic mass is 9.49. The van der Waals surface area contributed by atoms with Gasteiger partial charge in [-0.2, -0.15) is 0 Å². The summed E-state index contributed by atoms with van der Waals surface area (Å²) >= 11 is 0. The lowest BCUT2D eigenvalue weighted by Crippen LogP contribution is -2.59. The van der Waals surface area contributed by atoms with Gasteiger partial charge in [0.25, 0.3) is 0 Å². The van der Waals surface area contributed by atoms with E-state index in [4.69, 9.17) is 9.47 Å². The molecule has 5 nitrogen and oxygen atoms in total. The van der Waals surface area contributed by atoms with Gasteiger partial charge in [0, 0.05) is 11.8 Å². The number of fused-ring (bicyclic) bond motifs is 2. The van der Waals surface area contributed by atoms with Crippen LogP contribution in [0, 0.1) is 41.4 Å². The summed E-state index contributed by atoms with van der Waals surface area (Å²) in [5.74, 6) is 0.869. The maximum Gasteiger partial charge on any atom is 0.344 e. The Morgan fingerprint density at radius 2 is 1.70 bits per heavy atom. The zero-order valence-corrected chi connectivity index (χ0v) is 15.9. The molecule has 27 heavy (non-hydrogen) atoms. The predicted octanol–water partition coefficient (Wildman–Crippen LogP) is 3.07. The molecule has 3 atom stereocenters. The third kappa shape index (κ3) is 2.60. The molecule has 0 aromatic heterocycles. The molecule has 0 amide bonds. The van der Waals surface area contributed by atoms with Crippen molar-refractivity contribution in [3.63, 3.8) is 0 Å². The molecule has 5 fully saturated rings. The van der Waals surface area contributed by atoms with E-state index < -0.39 is 17.9 Å². The minimum Gasteiger partial charge on any atom is -0.456 e. The molecule has 0 heterocycles. The largest absolute Gasteiger partial charge is 0.456 e. The normalized spacial score (nSPS) is 46.1. The van der Waals surface area contributed by atoms with Crippen LogP contribution in [-0.2, 0) is 23.9 Å². The molecular weight excluding hydrogens is 344 g/mol. The first-order valence-corrected chi connectivity index (χ1v) is 10.6. The number of hydrogen-bond donors (Lipinski definition) is 0. The highest BCUT2D eigenvalue weighted by Gasteiger charge is 2.58. The Bertz CT molecular complexity index is 679. The summed E-state index contributed by atoms with van der Waals surface area (Å²) in [5, 5.41) is 0. The van der Waals surface area contributed by atoms with Crippen LogP contribution in [0.4, 0.5) is 0 Å². The molecule has 0 radical (unpaired) electrons. The highest BCUT2D eigenvalue weighted by atomic mass is 16.6. The second-order valence-electron chi connectivity index (χ2n) is 9.46. The van der Waals surface area contributed by atoms with Crippen molar-refractivity contribution >= 4 is 17.7 Å². The lowest BCUT2D eigenvalue weighted by Gasteiger charge is -2.60. The lowest BCUT2D eigenvalue weighted by molar-refractivity contribution is -0.214. The number of rotatable bonds is 5. The Morgan fingerprint density at radius 1 is 1.04 bits per heavy atom. The summed E-state index contributed by atoms with van der Waals surface area (Å²) in [4.78, 5) is 36.9. The third-order valence-corrected chi connectivity index (χ3v) is 8.20. The van der Waals surface area contributed by atoms with Gasteiger partial charge in [-0.1, -0.05) is 19.1 Å². The molecular formula is C22H28O5. The van der Waals surface area contributed by atoms with Crippen LogP contribution in [0.25, 0.3) is 0 Å². The first-order valence-electron chi connectivity index (χ1n) is 10.6. The molecule has 146 valence electrons. The molecule has 3 unspecified atom stereocenters. The van der Waals surface area contributed by atoms with Crippen LogP contribution in [0.5, 0.6) is 0 Å². The van der Waals surface area contributed by atoms with Gasteiger partial charge in [-0.3, -0.25) is 9.59 Å². The first kappa shape index (κ1) is 17.4. The Kier molecular flexibility index (Phi) is 3.99. The van der Waals surface area contributed by atoms with E-state index in [9.17, 15) is 14.4 Å². The summed E-state index contributed by atoms with van der Waals surface area (Å²) in [7, 11) is 0. The second kappa shape index (κ2) is 6.18. The molecule has 0 aromatic carbocycles. The number of carbonyl (C=O) groups is 3. The van der Waals surface area contributed by atoms with E-state index >= 15 is 0 Å². The minimum absolute atomic E-state index is 0.109. The fourth-order valence-corrected chi connectivity index (χ4v) is 7.16. The van der Waals surface area contributed by atoms with Crippen molar-refractivity contribution in [2.75, 3.05) is 6.61 Å². The molecule has 5 saturated carbocycles. The van der Waals surface area contributed by atoms with Crippen LogP contribution in [0.3, 0.4) is 0 Å². The summed E-state index contributed by atoms with van der Waals surface area (Å²) in [6.45, 7) is 1.79. The molecule has 0 saturated heterocycles. The van der Waals surface area contributed by atoms with Crippen molar-refractivity contribution in [2.24, 2.45) is 41.4 Å². The SMILES string of the molecule is CCC1(OC(=O)COC(=O)C2CC3C=CC2C3=O)C2CC3CC(C2)CC1C3. The molecule has 6 aliphatic rings. The third-order valence-electron chi connectivity index (χ3n) is 8.20. The van der Waals surface area contributed by atoms with E-state index in [2.05, 4.69) is 6.92 Å². The van der Waals surface area contributed by atoms with Gasteiger partial charge in [-0.25, -0.2) is 4.79 Å². The Morgan fingerprint density at radius 3 is 2.22 bits per heavy atom. The van der Waals surface area contributed by atoms with E-state index in [-0.39, 0.29) is 29.8 Å². The van der Waals surface area contributed by atoms with Crippen LogP contribution in [0.15, 0.2) is 12.2 Å². The van der Waals surface area contributed by atoms with Gasteiger partial charge in [0.1, 0.15) is 11.4 Å². The molecule has 6 bridgehead atoms. The van der Waals surface area contributed by atoms with Crippen molar-refractivity contribution in [1.29, 1.82) is 0 Å². The van der Waals surface area contributed by atoms with Crippen LogP contribution in [0.2, 0.25) is 0 Å². The van der Waals surface area contributed by atoms with Crippen molar-refractivity contribution in [3.05, 3.63) is 12.2 Å². The predicted molar refractivity (Wildman–Crippen MR) is 96.4 cm³/mol. The molecule has 0 aromatic rings. The standard InChI is InChI=1S/C22H28O5/c1-2-22(15-6-12-5-13(8-15)9-16(22)7-12)27-19(23)11-26-21(25)18-10-14-3-4-17(18)20(14)24/h3-4,12-18H,2,5-11H2,1H3. The van der Waals surface area contributed by atoms with E-state index in [1.54, 1.807) is 6.08 Å². The van der Waals surface area contributed by atoms with Gasteiger partial charge in [0.15, 0.2) is 6.61 Å². The van der Waals surface area contributed by atoms with Gasteiger partial charge in [0.05, 0.1) is 5.92 Å². The summed E-state index contributed by atoms with van der Waals surface area (Å²) in [5.41, 5.74) is -0.359. The Labute approximate surface area is 159 Å². The fraction of sp³-hybridized carbons (Fsp3) is 0.773. The zero-order chi connectivity index (χ0) is 18.8. The van der Waals surface area contributed by atoms with Gasteiger partial charge >= 0.3 is 11.9 Å². The van der Waals surface area contributed by atoms with Crippen molar-refractivity contribution in [1.82, 2.24) is 0 Å². The summed E-state index contributed by atoms with van der Waals surface area (Å²) < 4.78 is 11.3. The van der Waals surface area contributed by atoms with E-state index in [0.717, 1.165) is 18.3 Å². The topological polar surface area (TPSA) is 69.7 Å². The average Bonchev–Trinajstić information content (AvgIpc) is 3.17. The van der Waals surface area contributed by atoms with Crippen molar-refractivity contribution < 1.29 is 23.9 Å². The minimum atomic E-state index is -0.437. The van der Waals surface area contributed by atoms with E-state index in [1.165, 1.54) is 32.1 Å². The Hall–Kier alpha value is -1.65. The number of ether oxygens (including phenoxy) is 2. The van der Waals surface area contributed by atoms with Gasteiger partial charge in [0.2, 0.25) is 0 Å². The fourth-order valence-electron chi connectivity index (χ4n) is 7.16. The van der Waals surface area contributed by atoms with Gasteiger partial charge in [-0.15, -0.1) is 0 Å². The number of Topliss-reactive ketones (excluding diaryl/α,β-unsaturated/α-hetero) is 1. The van der Waals surface area contributed by atoms with Crippen molar-refractivity contribution in [2.45, 2.75) is 57.5 Å². The van der Waals surface area contributed by atoms with Crippen molar-refractivity contribution in [3.8, 4) is 0 Å². The average molecular weight is 372 g/mol. The molecule has 6 aliphatic carbocycles. The smallest absolute Gasteiger partial charge is 0.344 e. The highest BCUT2D eigenvalue weighted by molar-refractivity contribution is 5.97. The summed E-state index contributed by atoms with van der Waals surface area (Å²) in [6, 6.07) is 0. The number of esters is 2. The van der Waals surface area contributed by atoms with Crippen LogP contribution >= 0.6 is 0 Å². The number of allylic oxidation sites excluding steroid dienone is 2. The highest BCUT2D eigenvalue weighted by Crippen LogP contribution is 2.60. The van der Waals surface area contributed by atoms with E-state index in [0.29, 0.717) is 18.3 Å². The van der Waals surface area contributed by atoms with Crippen LogP contribution in [0.1, 0.15) is 51.9 Å². The van der Waals surface area contributed by atoms with E-state index in [1.807, 2.05) is 6.08 Å². The number of hydrogen-bond acceptors (Lipinski definition) is 5. The Balaban J connectivity index is 1.20. The second-order valence-corrected chi connectivity index (χ2v) is 9.46. The van der Waals surface area contributed by atoms with Gasteiger partial charge < -0.3 is 9.47 Å². The molecule has 0 spiro atoms.